The third-order valence-electron chi connectivity index (χ3n) is 1.85. The van der Waals surface area contributed by atoms with Crippen molar-refractivity contribution < 1.29 is 4.39 Å². The van der Waals surface area contributed by atoms with E-state index in [4.69, 9.17) is 11.6 Å². The Labute approximate surface area is 97.8 Å². The van der Waals surface area contributed by atoms with Crippen LogP contribution in [-0.2, 0) is 5.88 Å². The van der Waals surface area contributed by atoms with E-state index in [9.17, 15) is 4.39 Å². The molecule has 0 fully saturated rings. The van der Waals surface area contributed by atoms with Crippen LogP contribution in [0.4, 0.5) is 4.39 Å². The number of hydrogen-bond donors (Lipinski definition) is 0. The van der Waals surface area contributed by atoms with E-state index in [-0.39, 0.29) is 5.13 Å². The van der Waals surface area contributed by atoms with Crippen LogP contribution in [-0.4, -0.2) is 0 Å². The molecule has 0 aliphatic carbocycles. The summed E-state index contributed by atoms with van der Waals surface area (Å²) in [6, 6.07) is 5.76. The van der Waals surface area contributed by atoms with Crippen LogP contribution < -0.4 is 0 Å². The second-order valence-electron chi connectivity index (χ2n) is 2.61. The number of alkyl halides is 1. The molecule has 2 aromatic rings. The van der Waals surface area contributed by atoms with Crippen molar-refractivity contribution in [3.05, 3.63) is 32.5 Å². The summed E-state index contributed by atoms with van der Waals surface area (Å²) in [5.74, 6) is 0.434. The second kappa shape index (κ2) is 3.71. The molecule has 2 rings (SSSR count). The molecular weight excluding hydrogens is 322 g/mol. The first-order valence-electron chi connectivity index (χ1n) is 3.65. The molecule has 0 bridgehead atoms. The van der Waals surface area contributed by atoms with E-state index in [1.54, 1.807) is 0 Å². The quantitative estimate of drug-likeness (QED) is 0.539. The van der Waals surface area contributed by atoms with Gasteiger partial charge >= 0.3 is 0 Å². The van der Waals surface area contributed by atoms with Crippen LogP contribution in [0.25, 0.3) is 10.1 Å². The summed E-state index contributed by atoms with van der Waals surface area (Å²) in [5.41, 5.74) is 1.00. The summed E-state index contributed by atoms with van der Waals surface area (Å²) in [6.45, 7) is 0. The summed E-state index contributed by atoms with van der Waals surface area (Å²) in [7, 11) is 0. The van der Waals surface area contributed by atoms with Gasteiger partial charge in [-0.2, -0.15) is 4.39 Å². The summed E-state index contributed by atoms with van der Waals surface area (Å²) >= 11 is 8.97. The summed E-state index contributed by atoms with van der Waals surface area (Å²) < 4.78 is 14.9. The number of fused-ring (bicyclic) bond motifs is 1. The van der Waals surface area contributed by atoms with Gasteiger partial charge in [0.25, 0.3) is 0 Å². The van der Waals surface area contributed by atoms with Crippen LogP contribution in [0, 0.1) is 8.70 Å². The van der Waals surface area contributed by atoms with Crippen LogP contribution in [0.3, 0.4) is 0 Å². The van der Waals surface area contributed by atoms with Crippen molar-refractivity contribution in [2.45, 2.75) is 5.88 Å². The molecule has 68 valence electrons. The zero-order valence-corrected chi connectivity index (χ0v) is 10.2. The lowest BCUT2D eigenvalue weighted by Crippen LogP contribution is -1.80. The highest BCUT2D eigenvalue weighted by atomic mass is 127. The summed E-state index contributed by atoms with van der Waals surface area (Å²) in [5, 5.41) is 0.855. The van der Waals surface area contributed by atoms with Gasteiger partial charge in [-0.1, -0.05) is 12.1 Å². The number of benzene rings is 1. The molecular formula is C9H5ClFIS. The minimum atomic E-state index is -0.117. The lowest BCUT2D eigenvalue weighted by Gasteiger charge is -1.97. The maximum absolute atomic E-state index is 13.2. The minimum absolute atomic E-state index is 0.117. The summed E-state index contributed by atoms with van der Waals surface area (Å²) in [4.78, 5) is 0. The van der Waals surface area contributed by atoms with Crippen molar-refractivity contribution in [1.29, 1.82) is 0 Å². The highest BCUT2D eigenvalue weighted by Gasteiger charge is 2.11. The average molecular weight is 327 g/mol. The van der Waals surface area contributed by atoms with Crippen LogP contribution in [0.2, 0.25) is 0 Å². The Hall–Kier alpha value is 0.130. The molecule has 4 heteroatoms. The van der Waals surface area contributed by atoms with E-state index in [0.29, 0.717) is 9.45 Å². The first kappa shape index (κ1) is 9.68. The third kappa shape index (κ3) is 1.57. The van der Waals surface area contributed by atoms with Crippen LogP contribution in [0.1, 0.15) is 5.56 Å². The van der Waals surface area contributed by atoms with Crippen molar-refractivity contribution in [1.82, 2.24) is 0 Å². The fourth-order valence-electron chi connectivity index (χ4n) is 1.26. The van der Waals surface area contributed by atoms with Gasteiger partial charge in [-0.15, -0.1) is 22.9 Å². The maximum atomic E-state index is 13.2. The van der Waals surface area contributed by atoms with Crippen LogP contribution >= 0.6 is 45.5 Å². The molecule has 0 aliphatic rings. The van der Waals surface area contributed by atoms with Gasteiger partial charge in [0.15, 0.2) is 5.13 Å². The first-order chi connectivity index (χ1) is 6.24. The molecule has 0 atom stereocenters. The standard InChI is InChI=1S/C9H5ClFIS/c10-4-5-2-1-3-6-7(5)8(12)9(11)13-6/h1-3H,4H2. The number of halogens is 3. The SMILES string of the molecule is Fc1sc2cccc(CCl)c2c1I. The zero-order valence-electron chi connectivity index (χ0n) is 6.48. The molecule has 13 heavy (non-hydrogen) atoms. The van der Waals surface area contributed by atoms with Gasteiger partial charge in [-0.05, 0) is 34.2 Å². The molecule has 1 heterocycles. The Morgan fingerprint density at radius 1 is 1.46 bits per heavy atom. The van der Waals surface area contributed by atoms with Gasteiger partial charge in [-0.25, -0.2) is 0 Å². The second-order valence-corrected chi connectivity index (χ2v) is 4.96. The van der Waals surface area contributed by atoms with E-state index in [1.165, 1.54) is 11.3 Å². The Morgan fingerprint density at radius 3 is 2.92 bits per heavy atom. The molecule has 0 aliphatic heterocycles. The maximum Gasteiger partial charge on any atom is 0.190 e. The minimum Gasteiger partial charge on any atom is -0.194 e. The highest BCUT2D eigenvalue weighted by molar-refractivity contribution is 14.1. The van der Waals surface area contributed by atoms with E-state index in [1.807, 2.05) is 40.8 Å². The van der Waals surface area contributed by atoms with Gasteiger partial charge in [-0.3, -0.25) is 0 Å². The van der Waals surface area contributed by atoms with Crippen molar-refractivity contribution in [2.75, 3.05) is 0 Å². The Morgan fingerprint density at radius 2 is 2.23 bits per heavy atom. The zero-order chi connectivity index (χ0) is 9.42. The lowest BCUT2D eigenvalue weighted by atomic mass is 10.1. The van der Waals surface area contributed by atoms with E-state index >= 15 is 0 Å². The predicted octanol–water partition coefficient (Wildman–Crippen LogP) is 4.38. The molecule has 0 amide bonds. The fraction of sp³-hybridized carbons (Fsp3) is 0.111. The van der Waals surface area contributed by atoms with Crippen LogP contribution in [0.15, 0.2) is 18.2 Å². The van der Waals surface area contributed by atoms with Gasteiger partial charge < -0.3 is 0 Å². The topological polar surface area (TPSA) is 0 Å². The average Bonchev–Trinajstić information content (AvgIpc) is 2.43. The molecule has 1 aromatic heterocycles. The van der Waals surface area contributed by atoms with Gasteiger partial charge in [0.2, 0.25) is 0 Å². The number of thiophene rings is 1. The lowest BCUT2D eigenvalue weighted by molar-refractivity contribution is 0.652. The first-order valence-corrected chi connectivity index (χ1v) is 6.08. The molecule has 1 aromatic carbocycles. The third-order valence-corrected chi connectivity index (χ3v) is 4.46. The van der Waals surface area contributed by atoms with Crippen molar-refractivity contribution in [2.24, 2.45) is 0 Å². The van der Waals surface area contributed by atoms with E-state index in [2.05, 4.69) is 0 Å². The van der Waals surface area contributed by atoms with Gasteiger partial charge in [0, 0.05) is 16.0 Å². The Balaban J connectivity index is 2.87. The highest BCUT2D eigenvalue weighted by Crippen LogP contribution is 2.33. The largest absolute Gasteiger partial charge is 0.194 e. The molecule has 0 N–H and O–H groups in total. The smallest absolute Gasteiger partial charge is 0.190 e. The van der Waals surface area contributed by atoms with Crippen molar-refractivity contribution in [3.63, 3.8) is 0 Å². The van der Waals surface area contributed by atoms with Gasteiger partial charge in [0.1, 0.15) is 0 Å². The molecule has 0 radical (unpaired) electrons. The molecule has 0 spiro atoms. The normalized spacial score (nSPS) is 11.0. The molecule has 0 nitrogen and oxygen atoms in total. The van der Waals surface area contributed by atoms with Crippen molar-refractivity contribution in [3.8, 4) is 0 Å². The molecule has 0 unspecified atom stereocenters. The van der Waals surface area contributed by atoms with Crippen LogP contribution in [0.5, 0.6) is 0 Å². The number of hydrogen-bond acceptors (Lipinski definition) is 1. The summed E-state index contributed by atoms with van der Waals surface area (Å²) in [6.07, 6.45) is 0. The van der Waals surface area contributed by atoms with E-state index in [0.717, 1.165) is 15.6 Å². The van der Waals surface area contributed by atoms with Crippen molar-refractivity contribution >= 4 is 55.6 Å². The Bertz CT molecular complexity index is 452. The molecule has 0 saturated carbocycles. The van der Waals surface area contributed by atoms with Gasteiger partial charge in [0.05, 0.1) is 3.57 Å². The molecule has 0 saturated heterocycles. The monoisotopic (exact) mass is 326 g/mol. The number of rotatable bonds is 1. The fourth-order valence-corrected chi connectivity index (χ4v) is 3.50. The predicted molar refractivity (Wildman–Crippen MR) is 64.1 cm³/mol. The Kier molecular flexibility index (Phi) is 2.76. The van der Waals surface area contributed by atoms with E-state index < -0.39 is 0 Å².